The number of hydrogen-bond acceptors (Lipinski definition) is 15. The molecule has 20 nitrogen and oxygen atoms in total. The molecule has 0 heterocycles. The summed E-state index contributed by atoms with van der Waals surface area (Å²) in [7, 11) is 9.05. The SMILES string of the molecule is CC.CC(C)(C)OC(=O)N[C@H](C(=O)O)C(C)(C)C.CCOC(=O)/C(C)=C/[C@@H](NC)C(C)C.CCOC(=O)/C(C)=C/[C@H](C(C)C)N(C)C(=O)[C@@H](N)C(C)(C)C.CCOC(=O)/C(C)=C/[C@H](C(C)C)N(C)C(=O)[C@@H](NC(=O)OC(C)(C)C)C(C)(C)C.Cl.[3H][B].[U]. The number of halogens is 1. The standard InChI is InChI=1S/C22H40N2O5.C17H32N2O3.C11H21NO4.C11H21NO2.C2H6.BH.ClH.U/c1-12-28-19(26)15(4)13-16(14(2)3)24(11)18(25)17(21(5,6)7)23-20(27)29-22(8,9)10;1-9-22-16(21)12(4)10-13(11(2)3)19(8)15(20)14(18)17(5,6)7;1-10(2,3)7(8(13)14)12-9(15)16-11(4,5)6;1-6-14-11(13)9(4)7-10(12-5)8(2)3;1-2;;;/h13-14,16-17H,12H2,1-11H3,(H,23,27);10-11,13-14H,9,18H2,1-8H3;7H,1-6H3,(H,12,15)(H,13,14);7-8,10,12H,6H2,1-5H3;1-2H3;2*1H;/b15-13+;12-10+;;9-7+;;;;/t16-,17-;13-,14-;7-;10-;;;;/m1111..../s1/i;;;;;1T;;. The summed E-state index contributed by atoms with van der Waals surface area (Å²) in [5.41, 5.74) is 4.96. The third-order valence-electron chi connectivity index (χ3n) is 11.8. The average Bonchev–Trinajstić information content (AvgIpc) is 3.39. The molecule has 0 aromatic carbocycles. The van der Waals surface area contributed by atoms with E-state index in [0.717, 1.165) is 0 Å². The Morgan fingerprint density at radius 2 is 0.814 bits per heavy atom. The molecule has 6 N–H and O–H groups in total. The predicted molar refractivity (Wildman–Crippen MR) is 348 cm³/mol. The Hall–Kier alpha value is -4.09. The molecule has 0 saturated carbocycles. The molecular weight excluding hydrogens is 1350 g/mol. The van der Waals surface area contributed by atoms with Gasteiger partial charge in [-0.1, -0.05) is 136 Å². The molecule has 0 aliphatic carbocycles. The zero-order valence-corrected chi connectivity index (χ0v) is 64.2. The Kier molecular flexibility index (Phi) is 51.2. The summed E-state index contributed by atoms with van der Waals surface area (Å²) in [6.07, 6.45) is 4.10. The summed E-state index contributed by atoms with van der Waals surface area (Å²) >= 11 is 0. The predicted octanol–water partition coefficient (Wildman–Crippen LogP) is 10.8. The van der Waals surface area contributed by atoms with Crippen molar-refractivity contribution in [1.82, 2.24) is 25.8 Å². The van der Waals surface area contributed by atoms with Gasteiger partial charge in [-0.3, -0.25) is 9.59 Å². The molecule has 86 heavy (non-hydrogen) atoms. The van der Waals surface area contributed by atoms with Crippen molar-refractivity contribution < 1.29 is 98.3 Å². The number of carbonyl (C=O) groups is 8. The number of carboxylic acids is 1. The number of hydrogen-bond donors (Lipinski definition) is 5. The maximum atomic E-state index is 13.3. The van der Waals surface area contributed by atoms with Gasteiger partial charge in [-0.05, 0) is 125 Å². The van der Waals surface area contributed by atoms with Crippen LogP contribution >= 0.6 is 12.4 Å². The number of aliphatic carboxylic acids is 1. The Morgan fingerprint density at radius 3 is 1.03 bits per heavy atom. The molecule has 0 bridgehead atoms. The molecule has 0 rings (SSSR count). The van der Waals surface area contributed by atoms with E-state index in [0.29, 0.717) is 35.9 Å². The van der Waals surface area contributed by atoms with Crippen LogP contribution in [0.1, 0.15) is 201 Å². The number of amides is 4. The van der Waals surface area contributed by atoms with Gasteiger partial charge in [0.2, 0.25) is 11.8 Å². The largest absolute Gasteiger partial charge is 0.480 e. The minimum atomic E-state index is -1.07. The summed E-state index contributed by atoms with van der Waals surface area (Å²) in [5, 5.41) is 17.2. The first-order valence-electron chi connectivity index (χ1n) is 29.7. The van der Waals surface area contributed by atoms with Gasteiger partial charge < -0.3 is 60.3 Å². The number of nitrogens with two attached hydrogens (primary N) is 1. The van der Waals surface area contributed by atoms with Crippen molar-refractivity contribution in [3.05, 3.63) is 34.9 Å². The summed E-state index contributed by atoms with van der Waals surface area (Å²) < 4.78 is 30.5. The van der Waals surface area contributed by atoms with E-state index in [1.807, 2.05) is 103 Å². The van der Waals surface area contributed by atoms with Crippen LogP contribution in [0.25, 0.3) is 0 Å². The van der Waals surface area contributed by atoms with E-state index in [2.05, 4.69) is 38.2 Å². The Labute approximate surface area is 554 Å². The van der Waals surface area contributed by atoms with Gasteiger partial charge in [0.05, 0.1) is 37.9 Å². The van der Waals surface area contributed by atoms with Crippen molar-refractivity contribution in [2.75, 3.05) is 41.0 Å². The topological polar surface area (TPSA) is 272 Å². The van der Waals surface area contributed by atoms with Crippen molar-refractivity contribution in [2.45, 2.75) is 248 Å². The Balaban J connectivity index is -0.000000160. The fourth-order valence-electron chi connectivity index (χ4n) is 7.07. The quantitative estimate of drug-likeness (QED) is 0.0328. The first-order chi connectivity index (χ1) is 38.4. The van der Waals surface area contributed by atoms with Crippen molar-refractivity contribution in [1.29, 1.82) is 1.34 Å². The fraction of sp³-hybridized carbons (Fsp3) is 0.778. The first kappa shape index (κ1) is 95.6. The molecule has 0 aromatic rings. The van der Waals surface area contributed by atoms with Gasteiger partial charge in [-0.15, -0.1) is 12.4 Å². The van der Waals surface area contributed by atoms with E-state index < -0.39 is 64.3 Å². The molecule has 0 aliphatic heterocycles. The van der Waals surface area contributed by atoms with E-state index in [4.69, 9.17) is 35.9 Å². The molecule has 6 atom stereocenters. The van der Waals surface area contributed by atoms with Crippen LogP contribution in [0.3, 0.4) is 0 Å². The average molecular weight is 1470 g/mol. The number of esters is 3. The molecule has 2 radical (unpaired) electrons. The number of nitrogens with zero attached hydrogens (tertiary/aromatic N) is 2. The van der Waals surface area contributed by atoms with Gasteiger partial charge >= 0.3 is 36.1 Å². The molecule has 0 unspecified atom stereocenters. The number of rotatable bonds is 20. The number of nitrogens with one attached hydrogen (secondary N) is 3. The molecule has 0 saturated heterocycles. The zero-order chi connectivity index (χ0) is 69.1. The number of ether oxygens (including phenoxy) is 5. The van der Waals surface area contributed by atoms with Crippen LogP contribution in [0.5, 0.6) is 0 Å². The zero-order valence-electron chi connectivity index (χ0n) is 60.3. The molecule has 0 fully saturated rings. The van der Waals surface area contributed by atoms with Crippen molar-refractivity contribution in [3.63, 3.8) is 0 Å². The molecular formula is C63H122BClN6O14U. The van der Waals surface area contributed by atoms with E-state index in [1.165, 1.54) is 0 Å². The number of carbonyl (C=O) groups excluding carboxylic acids is 7. The normalized spacial score (nSPS) is 14.0. The number of likely N-dealkylation sites (N-methyl/N-ethyl adjacent to an activating group) is 3. The molecule has 23 heteroatoms. The number of alkyl carbamates (subject to hydrolysis) is 2. The summed E-state index contributed by atoms with van der Waals surface area (Å²) in [5.74, 6) is -1.77. The second-order valence-corrected chi connectivity index (χ2v) is 26.2. The second kappa shape index (κ2) is 46.1. The molecule has 0 aromatic heterocycles. The van der Waals surface area contributed by atoms with Gasteiger partial charge in [0.25, 0.3) is 0 Å². The molecule has 0 spiro atoms. The van der Waals surface area contributed by atoms with Gasteiger partial charge in [-0.2, -0.15) is 0 Å². The van der Waals surface area contributed by atoms with Crippen LogP contribution in [0, 0.1) is 65.1 Å². The maximum absolute atomic E-state index is 13.3. The van der Waals surface area contributed by atoms with E-state index in [9.17, 15) is 38.4 Å². The van der Waals surface area contributed by atoms with Crippen LogP contribution in [0.2, 0.25) is 0 Å². The minimum absolute atomic E-state index is 0. The van der Waals surface area contributed by atoms with Gasteiger partial charge in [-0.25, -0.2) is 28.8 Å². The molecule has 502 valence electrons. The van der Waals surface area contributed by atoms with Crippen molar-refractivity contribution in [3.8, 4) is 0 Å². The van der Waals surface area contributed by atoms with Crippen molar-refractivity contribution >= 4 is 68.7 Å². The van der Waals surface area contributed by atoms with Crippen LogP contribution in [0.15, 0.2) is 34.9 Å². The monoisotopic (exact) mass is 1470 g/mol. The smallest absolute Gasteiger partial charge is 0.408 e. The van der Waals surface area contributed by atoms with Crippen LogP contribution in [-0.2, 0) is 52.5 Å². The second-order valence-electron chi connectivity index (χ2n) is 26.2. The van der Waals surface area contributed by atoms with E-state index >= 15 is 0 Å². The van der Waals surface area contributed by atoms with Crippen LogP contribution < -0.4 is 21.7 Å². The summed E-state index contributed by atoms with van der Waals surface area (Å²) in [6, 6.07) is -2.67. The van der Waals surface area contributed by atoms with Crippen LogP contribution in [-0.4, -0.2) is 161 Å². The van der Waals surface area contributed by atoms with Crippen LogP contribution in [0.4, 0.5) is 9.59 Å². The maximum Gasteiger partial charge on any atom is 0.408 e. The molecule has 0 aliphatic rings. The Bertz CT molecular complexity index is 2110. The van der Waals surface area contributed by atoms with Gasteiger partial charge in [0, 0.05) is 76.3 Å². The molecule has 4 amide bonds. The van der Waals surface area contributed by atoms with Gasteiger partial charge in [0.15, 0.2) is 0 Å². The number of carboxylic acid groups (broad SMARTS) is 1. The van der Waals surface area contributed by atoms with Gasteiger partial charge in [0.1, 0.15) is 23.3 Å². The van der Waals surface area contributed by atoms with Crippen molar-refractivity contribution in [2.24, 2.45) is 39.7 Å². The third-order valence-corrected chi connectivity index (χ3v) is 11.8. The summed E-state index contributed by atoms with van der Waals surface area (Å²) in [4.78, 5) is 98.9. The van der Waals surface area contributed by atoms with E-state index in [-0.39, 0.29) is 109 Å². The Morgan fingerprint density at radius 1 is 0.535 bits per heavy atom. The minimum Gasteiger partial charge on any atom is -0.480 e. The third kappa shape index (κ3) is 43.5. The van der Waals surface area contributed by atoms with E-state index in [1.54, 1.807) is 133 Å². The first-order valence-corrected chi connectivity index (χ1v) is 29.1. The summed E-state index contributed by atoms with van der Waals surface area (Å²) in [6.45, 7) is 54.8. The fourth-order valence-corrected chi connectivity index (χ4v) is 7.07.